The van der Waals surface area contributed by atoms with Crippen LogP contribution in [0.2, 0.25) is 0 Å². The number of hydrogen-bond donors (Lipinski definition) is 1. The van der Waals surface area contributed by atoms with E-state index in [1.807, 2.05) is 26.0 Å². The molecule has 1 fully saturated rings. The van der Waals surface area contributed by atoms with Crippen molar-refractivity contribution in [2.24, 2.45) is 0 Å². The van der Waals surface area contributed by atoms with Crippen molar-refractivity contribution in [1.82, 2.24) is 14.9 Å². The van der Waals surface area contributed by atoms with Crippen LogP contribution in [0, 0.1) is 0 Å². The maximum atomic E-state index is 12.1. The van der Waals surface area contributed by atoms with Crippen LogP contribution in [0.1, 0.15) is 24.7 Å². The van der Waals surface area contributed by atoms with Crippen LogP contribution in [0.4, 0.5) is 0 Å². The number of nitrogens with zero attached hydrogens (tertiary/aromatic N) is 2. The summed E-state index contributed by atoms with van der Waals surface area (Å²) in [7, 11) is 4.10. The molecule has 2 heterocycles. The van der Waals surface area contributed by atoms with Gasteiger partial charge in [0.25, 0.3) is 5.56 Å². The van der Waals surface area contributed by atoms with Gasteiger partial charge in [0.1, 0.15) is 13.7 Å². The van der Waals surface area contributed by atoms with Crippen LogP contribution in [0.3, 0.4) is 0 Å². The van der Waals surface area contributed by atoms with Gasteiger partial charge in [0, 0.05) is 0 Å². The van der Waals surface area contributed by atoms with Gasteiger partial charge in [-0.05, 0) is 38.6 Å². The molecule has 3 rings (SSSR count). The van der Waals surface area contributed by atoms with Crippen LogP contribution in [0.5, 0.6) is 0 Å². The molecule has 4 nitrogen and oxygen atoms in total. The Morgan fingerprint density at radius 2 is 2.33 bits per heavy atom. The highest BCUT2D eigenvalue weighted by molar-refractivity contribution is 6.33. The zero-order chi connectivity index (χ0) is 12.7. The van der Waals surface area contributed by atoms with Gasteiger partial charge in [0.2, 0.25) is 0 Å². The van der Waals surface area contributed by atoms with Crippen molar-refractivity contribution in [1.29, 1.82) is 0 Å². The molecule has 1 unspecified atom stereocenters. The Morgan fingerprint density at radius 1 is 1.50 bits per heavy atom. The summed E-state index contributed by atoms with van der Waals surface area (Å²) >= 11 is 0. The van der Waals surface area contributed by atoms with Crippen molar-refractivity contribution in [3.8, 4) is 0 Å². The molecule has 0 aliphatic carbocycles. The molecule has 1 atom stereocenters. The smallest absolute Gasteiger partial charge is 0.258 e. The Balaban J connectivity index is 2.17. The molecule has 2 aromatic rings. The van der Waals surface area contributed by atoms with Gasteiger partial charge < -0.3 is 4.98 Å². The van der Waals surface area contributed by atoms with Crippen molar-refractivity contribution in [3.05, 3.63) is 34.4 Å². The van der Waals surface area contributed by atoms with Crippen molar-refractivity contribution in [2.75, 3.05) is 13.6 Å². The van der Waals surface area contributed by atoms with E-state index in [-0.39, 0.29) is 11.6 Å². The zero-order valence-corrected chi connectivity index (χ0v) is 10.7. The normalized spacial score (nSPS) is 20.6. The van der Waals surface area contributed by atoms with E-state index in [4.69, 9.17) is 0 Å². The van der Waals surface area contributed by atoms with Crippen molar-refractivity contribution < 1.29 is 0 Å². The first kappa shape index (κ1) is 11.5. The summed E-state index contributed by atoms with van der Waals surface area (Å²) in [5, 5.41) is 0.671. The lowest BCUT2D eigenvalue weighted by molar-refractivity contribution is 0.306. The minimum atomic E-state index is -0.0321. The largest absolute Gasteiger partial charge is 0.309 e. The zero-order valence-electron chi connectivity index (χ0n) is 10.7. The molecule has 1 aromatic carbocycles. The highest BCUT2D eigenvalue weighted by Crippen LogP contribution is 2.27. The monoisotopic (exact) mass is 241 g/mol. The van der Waals surface area contributed by atoms with E-state index >= 15 is 0 Å². The van der Waals surface area contributed by atoms with Gasteiger partial charge in [0.05, 0.1) is 16.9 Å². The van der Waals surface area contributed by atoms with Crippen molar-refractivity contribution >= 4 is 24.2 Å². The maximum Gasteiger partial charge on any atom is 0.258 e. The fraction of sp³-hybridized carbons (Fsp3) is 0.385. The van der Waals surface area contributed by atoms with Gasteiger partial charge in [-0.3, -0.25) is 9.69 Å². The highest BCUT2D eigenvalue weighted by Gasteiger charge is 2.25. The third-order valence-corrected chi connectivity index (χ3v) is 3.72. The number of H-pyrrole nitrogens is 1. The second kappa shape index (κ2) is 4.25. The summed E-state index contributed by atoms with van der Waals surface area (Å²) in [5.74, 6) is 0.804. The molecule has 0 spiro atoms. The number of likely N-dealkylation sites (tertiary alicyclic amines) is 1. The number of rotatable bonds is 1. The second-order valence-electron chi connectivity index (χ2n) is 5.11. The Bertz CT molecular complexity index is 652. The van der Waals surface area contributed by atoms with Crippen LogP contribution in [0.15, 0.2) is 23.0 Å². The average Bonchev–Trinajstić information content (AvgIpc) is 2.74. The molecular weight excluding hydrogens is 225 g/mol. The van der Waals surface area contributed by atoms with E-state index in [2.05, 4.69) is 21.9 Å². The average molecular weight is 241 g/mol. The van der Waals surface area contributed by atoms with E-state index in [1.54, 1.807) is 0 Å². The van der Waals surface area contributed by atoms with Gasteiger partial charge >= 0.3 is 0 Å². The van der Waals surface area contributed by atoms with Crippen LogP contribution >= 0.6 is 0 Å². The predicted octanol–water partition coefficient (Wildman–Crippen LogP) is -0.0518. The Morgan fingerprint density at radius 3 is 3.06 bits per heavy atom. The SMILES string of the molecule is Bc1ccc2c(=O)[nH]c(C3CCCN3C)nc2c1. The number of nitrogens with one attached hydrogen (secondary N) is 1. The fourth-order valence-corrected chi connectivity index (χ4v) is 2.68. The van der Waals surface area contributed by atoms with Gasteiger partial charge in [-0.2, -0.15) is 0 Å². The van der Waals surface area contributed by atoms with E-state index in [1.165, 1.54) is 0 Å². The third kappa shape index (κ3) is 1.84. The first-order chi connectivity index (χ1) is 8.65. The Labute approximate surface area is 106 Å². The fourth-order valence-electron chi connectivity index (χ4n) is 2.68. The van der Waals surface area contributed by atoms with Gasteiger partial charge in [-0.15, -0.1) is 0 Å². The molecule has 1 aromatic heterocycles. The molecule has 1 saturated heterocycles. The summed E-state index contributed by atoms with van der Waals surface area (Å²) in [4.78, 5) is 21.9. The van der Waals surface area contributed by atoms with E-state index in [9.17, 15) is 4.79 Å². The van der Waals surface area contributed by atoms with Crippen LogP contribution in [-0.2, 0) is 0 Å². The molecule has 92 valence electrons. The lowest BCUT2D eigenvalue weighted by atomic mass is 9.95. The lowest BCUT2D eigenvalue weighted by Gasteiger charge is -2.18. The molecule has 1 aliphatic rings. The van der Waals surface area contributed by atoms with Crippen LogP contribution in [0.25, 0.3) is 10.9 Å². The van der Waals surface area contributed by atoms with Crippen LogP contribution < -0.4 is 11.0 Å². The molecule has 5 heteroatoms. The predicted molar refractivity (Wildman–Crippen MR) is 75.1 cm³/mol. The molecule has 1 N–H and O–H groups in total. The highest BCUT2D eigenvalue weighted by atomic mass is 16.1. The molecular formula is C13H16BN3O. The Kier molecular flexibility index (Phi) is 2.71. The van der Waals surface area contributed by atoms with Crippen LogP contribution in [-0.4, -0.2) is 36.3 Å². The minimum absolute atomic E-state index is 0.0321. The maximum absolute atomic E-state index is 12.1. The second-order valence-corrected chi connectivity index (χ2v) is 5.11. The molecule has 0 bridgehead atoms. The number of benzene rings is 1. The van der Waals surface area contributed by atoms with Gasteiger partial charge in [-0.25, -0.2) is 4.98 Å². The number of aromatic amines is 1. The lowest BCUT2D eigenvalue weighted by Crippen LogP contribution is -2.23. The summed E-state index contributed by atoms with van der Waals surface area (Å²) in [6.45, 7) is 1.07. The van der Waals surface area contributed by atoms with Gasteiger partial charge in [0.15, 0.2) is 0 Å². The first-order valence-electron chi connectivity index (χ1n) is 6.36. The summed E-state index contributed by atoms with van der Waals surface area (Å²) in [6, 6.07) is 6.02. The molecule has 0 saturated carbocycles. The summed E-state index contributed by atoms with van der Waals surface area (Å²) in [5.41, 5.74) is 1.90. The van der Waals surface area contributed by atoms with Crippen molar-refractivity contribution in [3.63, 3.8) is 0 Å². The summed E-state index contributed by atoms with van der Waals surface area (Å²) < 4.78 is 0. The topological polar surface area (TPSA) is 49.0 Å². The number of aromatic nitrogens is 2. The van der Waals surface area contributed by atoms with E-state index in [0.29, 0.717) is 5.39 Å². The molecule has 1 aliphatic heterocycles. The van der Waals surface area contributed by atoms with E-state index in [0.717, 1.165) is 36.2 Å². The Hall–Kier alpha value is -1.62. The third-order valence-electron chi connectivity index (χ3n) is 3.72. The molecule has 18 heavy (non-hydrogen) atoms. The standard InChI is InChI=1S/C13H16BN3O/c1-17-6-2-3-11(17)12-15-10-7-8(14)4-5-9(10)13(18)16-12/h4-5,7,11H,2-3,6,14H2,1H3,(H,15,16,18). The van der Waals surface area contributed by atoms with E-state index < -0.39 is 0 Å². The minimum Gasteiger partial charge on any atom is -0.309 e. The van der Waals surface area contributed by atoms with Crippen molar-refractivity contribution in [2.45, 2.75) is 18.9 Å². The molecule has 0 radical (unpaired) electrons. The summed E-state index contributed by atoms with van der Waals surface area (Å²) in [6.07, 6.45) is 2.23. The quantitative estimate of drug-likeness (QED) is 0.712. The number of fused-ring (bicyclic) bond motifs is 1. The molecule has 0 amide bonds. The van der Waals surface area contributed by atoms with Gasteiger partial charge in [-0.1, -0.05) is 11.5 Å². The number of hydrogen-bond acceptors (Lipinski definition) is 3. The first-order valence-corrected chi connectivity index (χ1v) is 6.36.